The van der Waals surface area contributed by atoms with Crippen molar-refractivity contribution in [2.45, 2.75) is 95.0 Å². The van der Waals surface area contributed by atoms with Crippen molar-refractivity contribution in [3.63, 3.8) is 0 Å². The Labute approximate surface area is 269 Å². The van der Waals surface area contributed by atoms with Gasteiger partial charge in [-0.15, -0.1) is 18.8 Å². The van der Waals surface area contributed by atoms with E-state index in [9.17, 15) is 0 Å². The molecule has 0 saturated heterocycles. The molecule has 0 heterocycles. The molecule has 6 rings (SSSR count). The summed E-state index contributed by atoms with van der Waals surface area (Å²) in [6, 6.07) is 39.9. The SMILES string of the molecule is CC([c-]1cccc1P(c1ccccc1)c1ccccc1)P(C1CCCCC1)C1CCCCC1.CCO.[Fe].[cH-]1[cH-][cH-][cH-][cH-]1. The van der Waals surface area contributed by atoms with Gasteiger partial charge in [0.25, 0.3) is 0 Å². The Balaban J connectivity index is 0.000000473. The molecule has 0 radical (unpaired) electrons. The largest absolute Gasteiger partial charge is 0.748 e. The average Bonchev–Trinajstić information content (AvgIpc) is 3.77. The van der Waals surface area contributed by atoms with Crippen LogP contribution in [-0.4, -0.2) is 23.0 Å². The zero-order valence-corrected chi connectivity index (χ0v) is 28.5. The third kappa shape index (κ3) is 10.0. The molecule has 1 N–H and O–H groups in total. The first-order chi connectivity index (χ1) is 20.2. The fourth-order valence-electron chi connectivity index (χ4n) is 6.73. The fraction of sp³-hybridized carbons (Fsp3) is 0.421. The van der Waals surface area contributed by atoms with Gasteiger partial charge in [-0.1, -0.05) is 106 Å². The first kappa shape index (κ1) is 35.0. The van der Waals surface area contributed by atoms with Crippen molar-refractivity contribution in [3.8, 4) is 0 Å². The molecule has 2 aliphatic carbocycles. The van der Waals surface area contributed by atoms with Crippen LogP contribution in [0, 0.1) is 0 Å². The topological polar surface area (TPSA) is 20.2 Å². The van der Waals surface area contributed by atoms with Crippen LogP contribution in [-0.2, 0) is 17.1 Å². The van der Waals surface area contributed by atoms with Crippen molar-refractivity contribution in [2.75, 3.05) is 6.61 Å². The monoisotopic (exact) mass is 640 g/mol. The van der Waals surface area contributed by atoms with Gasteiger partial charge in [-0.05, 0) is 68.1 Å². The summed E-state index contributed by atoms with van der Waals surface area (Å²) in [4.78, 5) is 0. The van der Waals surface area contributed by atoms with Crippen molar-refractivity contribution in [1.82, 2.24) is 0 Å². The Hall–Kier alpha value is -1.52. The predicted octanol–water partition coefficient (Wildman–Crippen LogP) is 9.77. The Bertz CT molecular complexity index is 1100. The van der Waals surface area contributed by atoms with Gasteiger partial charge in [0.05, 0.1) is 0 Å². The minimum atomic E-state index is -0.511. The van der Waals surface area contributed by atoms with Crippen LogP contribution in [0.2, 0.25) is 0 Å². The van der Waals surface area contributed by atoms with E-state index in [-0.39, 0.29) is 31.6 Å². The molecule has 4 aromatic rings. The van der Waals surface area contributed by atoms with Crippen LogP contribution in [0.4, 0.5) is 0 Å². The smallest absolute Gasteiger partial charge is 0.0402 e. The van der Waals surface area contributed by atoms with E-state index in [4.69, 9.17) is 5.11 Å². The Morgan fingerprint density at radius 1 is 0.690 bits per heavy atom. The first-order valence-electron chi connectivity index (χ1n) is 15.9. The maximum Gasteiger partial charge on any atom is 0.0402 e. The third-order valence-electron chi connectivity index (χ3n) is 8.54. The van der Waals surface area contributed by atoms with Crippen LogP contribution in [0.15, 0.2) is 109 Å². The van der Waals surface area contributed by atoms with Gasteiger partial charge >= 0.3 is 0 Å². The van der Waals surface area contributed by atoms with Crippen molar-refractivity contribution >= 4 is 31.8 Å². The molecule has 1 nitrogen and oxygen atoms in total. The van der Waals surface area contributed by atoms with Crippen molar-refractivity contribution in [2.24, 2.45) is 0 Å². The molecule has 0 aliphatic heterocycles. The van der Waals surface area contributed by atoms with Crippen LogP contribution >= 0.6 is 15.8 Å². The number of hydrogen-bond donors (Lipinski definition) is 1. The van der Waals surface area contributed by atoms with Crippen molar-refractivity contribution < 1.29 is 22.2 Å². The van der Waals surface area contributed by atoms with Crippen LogP contribution < -0.4 is 15.9 Å². The fourth-order valence-corrected chi connectivity index (χ4v) is 13.7. The van der Waals surface area contributed by atoms with Crippen LogP contribution in [0.5, 0.6) is 0 Å². The van der Waals surface area contributed by atoms with E-state index in [0.29, 0.717) is 5.66 Å². The molecule has 0 spiro atoms. The summed E-state index contributed by atoms with van der Waals surface area (Å²) >= 11 is 0. The maximum absolute atomic E-state index is 7.57. The minimum Gasteiger partial charge on any atom is -0.748 e. The van der Waals surface area contributed by atoms with Crippen LogP contribution in [0.1, 0.15) is 89.3 Å². The van der Waals surface area contributed by atoms with Crippen LogP contribution in [0.3, 0.4) is 0 Å². The maximum atomic E-state index is 7.57. The van der Waals surface area contributed by atoms with Gasteiger partial charge in [0.1, 0.15) is 0 Å². The van der Waals surface area contributed by atoms with Gasteiger partial charge in [-0.25, -0.2) is 12.1 Å². The van der Waals surface area contributed by atoms with E-state index >= 15 is 0 Å². The van der Waals surface area contributed by atoms with E-state index < -0.39 is 7.92 Å². The van der Waals surface area contributed by atoms with Gasteiger partial charge in [-0.2, -0.15) is 6.07 Å². The van der Waals surface area contributed by atoms with Crippen LogP contribution in [0.25, 0.3) is 0 Å². The zero-order valence-electron chi connectivity index (χ0n) is 25.6. The van der Waals surface area contributed by atoms with E-state index in [1.807, 2.05) is 30.3 Å². The van der Waals surface area contributed by atoms with E-state index in [2.05, 4.69) is 85.8 Å². The molecule has 1 unspecified atom stereocenters. The second kappa shape index (κ2) is 19.7. The molecule has 0 aromatic heterocycles. The molecular weight excluding hydrogens is 590 g/mol. The quantitative estimate of drug-likeness (QED) is 0.121. The molecule has 232 valence electrons. The molecule has 4 aromatic carbocycles. The summed E-state index contributed by atoms with van der Waals surface area (Å²) in [6.07, 6.45) is 14.8. The van der Waals surface area contributed by atoms with Crippen molar-refractivity contribution in [1.29, 1.82) is 0 Å². The Kier molecular flexibility index (Phi) is 16.4. The number of hydrogen-bond acceptors (Lipinski definition) is 1. The molecule has 2 fully saturated rings. The molecular formula is C38H50FeOP2-6. The van der Waals surface area contributed by atoms with E-state index in [0.717, 1.165) is 11.3 Å². The van der Waals surface area contributed by atoms with Gasteiger partial charge in [0.15, 0.2) is 0 Å². The summed E-state index contributed by atoms with van der Waals surface area (Å²) in [6.45, 7) is 4.55. The van der Waals surface area contributed by atoms with E-state index in [1.165, 1.54) is 74.8 Å². The molecule has 2 saturated carbocycles. The normalized spacial score (nSPS) is 16.5. The summed E-state index contributed by atoms with van der Waals surface area (Å²) in [5.74, 6) is 0. The summed E-state index contributed by atoms with van der Waals surface area (Å²) in [5.41, 5.74) is 4.38. The van der Waals surface area contributed by atoms with Gasteiger partial charge in [-0.3, -0.25) is 0 Å². The zero-order chi connectivity index (χ0) is 28.7. The van der Waals surface area contributed by atoms with E-state index in [1.54, 1.807) is 17.8 Å². The van der Waals surface area contributed by atoms with Gasteiger partial charge in [0, 0.05) is 23.7 Å². The minimum absolute atomic E-state index is 0. The molecule has 0 amide bonds. The van der Waals surface area contributed by atoms with Gasteiger partial charge < -0.3 is 35.4 Å². The number of rotatable bonds is 7. The number of benzene rings is 2. The van der Waals surface area contributed by atoms with Gasteiger partial charge in [0.2, 0.25) is 0 Å². The Morgan fingerprint density at radius 3 is 1.50 bits per heavy atom. The molecule has 1 atom stereocenters. The summed E-state index contributed by atoms with van der Waals surface area (Å²) in [5, 5.41) is 12.2. The third-order valence-corrected chi connectivity index (χ3v) is 15.0. The standard InChI is InChI=1S/C31H39P2.C5H5.C2H6O.Fe/c1-25(32(26-15-6-2-7-16-26)27-17-8-3-9-18-27)30-23-14-24-31(30)33(28-19-10-4-11-20-28)29-21-12-5-13-22-29;1-2-4-5-3-1;1-2-3;/h4-5,10-14,19-27H,2-3,6-9,15-18H2,1H3;1-5H;3H,2H2,1H3;/q-1;-5;;. The second-order valence-electron chi connectivity index (χ2n) is 11.4. The summed E-state index contributed by atoms with van der Waals surface area (Å²) < 4.78 is 0. The molecule has 42 heavy (non-hydrogen) atoms. The predicted molar refractivity (Wildman–Crippen MR) is 185 cm³/mol. The molecule has 4 heteroatoms. The average molecular weight is 641 g/mol. The van der Waals surface area contributed by atoms with Crippen molar-refractivity contribution in [3.05, 3.63) is 115 Å². The Morgan fingerprint density at radius 2 is 1.10 bits per heavy atom. The summed E-state index contributed by atoms with van der Waals surface area (Å²) in [7, 11) is -0.489. The first-order valence-corrected chi connectivity index (χ1v) is 18.8. The molecule has 0 bridgehead atoms. The second-order valence-corrected chi connectivity index (χ2v) is 16.7. The molecule has 2 aliphatic rings. The number of aliphatic hydroxyl groups excluding tert-OH is 1. The number of aliphatic hydroxyl groups is 1.